The van der Waals surface area contributed by atoms with Crippen molar-refractivity contribution >= 4 is 44.5 Å². The van der Waals surface area contributed by atoms with Crippen LogP contribution < -0.4 is 5.73 Å². The Kier molecular flexibility index (Phi) is 7.27. The first-order valence-corrected chi connectivity index (χ1v) is 11.4. The van der Waals surface area contributed by atoms with E-state index in [-0.39, 0.29) is 11.4 Å². The van der Waals surface area contributed by atoms with E-state index in [1.165, 1.54) is 12.3 Å². The summed E-state index contributed by atoms with van der Waals surface area (Å²) in [4.78, 5) is 17.9. The maximum Gasteiger partial charge on any atom is 0.328 e. The summed E-state index contributed by atoms with van der Waals surface area (Å²) in [5, 5.41) is 1.82. The van der Waals surface area contributed by atoms with Crippen molar-refractivity contribution in [2.45, 2.75) is 4.90 Å². The summed E-state index contributed by atoms with van der Waals surface area (Å²) in [6.45, 7) is 0.819. The second kappa shape index (κ2) is 9.91. The number of sulfonamides is 1. The van der Waals surface area contributed by atoms with E-state index < -0.39 is 16.1 Å². The van der Waals surface area contributed by atoms with E-state index >= 15 is 0 Å². The van der Waals surface area contributed by atoms with Crippen molar-refractivity contribution in [3.8, 4) is 0 Å². The normalized spacial score (nSPS) is 12.0. The van der Waals surface area contributed by atoms with Gasteiger partial charge >= 0.3 is 6.03 Å². The van der Waals surface area contributed by atoms with Gasteiger partial charge in [0.2, 0.25) is 0 Å². The molecule has 0 radical (unpaired) electrons. The van der Waals surface area contributed by atoms with E-state index in [9.17, 15) is 13.2 Å². The predicted molar refractivity (Wildman–Crippen MR) is 123 cm³/mol. The minimum Gasteiger partial charge on any atom is -0.351 e. The number of nitrogens with two attached hydrogens (primary N) is 1. The highest BCUT2D eigenvalue weighted by Gasteiger charge is 2.29. The van der Waals surface area contributed by atoms with Crippen LogP contribution in [-0.2, 0) is 10.0 Å². The number of primary amides is 1. The monoisotopic (exact) mass is 458 g/mol. The predicted octanol–water partition coefficient (Wildman–Crippen LogP) is 3.60. The van der Waals surface area contributed by atoms with Gasteiger partial charge in [-0.3, -0.25) is 4.98 Å². The molecule has 2 N–H and O–H groups in total. The first-order chi connectivity index (χ1) is 14.8. The van der Waals surface area contributed by atoms with Crippen LogP contribution in [0, 0.1) is 0 Å². The van der Waals surface area contributed by atoms with E-state index in [4.69, 9.17) is 17.3 Å². The van der Waals surface area contributed by atoms with Gasteiger partial charge in [0, 0.05) is 41.3 Å². The van der Waals surface area contributed by atoms with Crippen molar-refractivity contribution in [3.63, 3.8) is 0 Å². The molecule has 0 aliphatic heterocycles. The lowest BCUT2D eigenvalue weighted by atomic mass is 10.2. The lowest BCUT2D eigenvalue weighted by Gasteiger charge is -2.24. The van der Waals surface area contributed by atoms with Gasteiger partial charge in [0.25, 0.3) is 10.0 Å². The van der Waals surface area contributed by atoms with Crippen molar-refractivity contribution in [1.82, 2.24) is 14.2 Å². The summed E-state index contributed by atoms with van der Waals surface area (Å²) in [6, 6.07) is 12.9. The van der Waals surface area contributed by atoms with Crippen LogP contribution in [0.25, 0.3) is 16.8 Å². The van der Waals surface area contributed by atoms with E-state index in [1.807, 2.05) is 48.4 Å². The zero-order valence-corrected chi connectivity index (χ0v) is 18.6. The SMILES string of the molecule is CN(CC=Cc1ccc(Cl)cc1)CCN(C(N)=O)S(=O)(=O)c1cccc2cnccc12. The largest absolute Gasteiger partial charge is 0.351 e. The Labute approximate surface area is 186 Å². The number of halogens is 1. The number of benzene rings is 2. The van der Waals surface area contributed by atoms with Gasteiger partial charge in [-0.25, -0.2) is 17.5 Å². The Bertz CT molecular complexity index is 1190. The number of carbonyl (C=O) groups is 1. The molecule has 2 aromatic carbocycles. The van der Waals surface area contributed by atoms with Crippen molar-refractivity contribution in [2.75, 3.05) is 26.7 Å². The van der Waals surface area contributed by atoms with Crippen LogP contribution in [0.2, 0.25) is 5.02 Å². The van der Waals surface area contributed by atoms with E-state index in [0.29, 0.717) is 33.2 Å². The molecule has 0 bridgehead atoms. The number of aromatic nitrogens is 1. The summed E-state index contributed by atoms with van der Waals surface area (Å²) in [5.74, 6) is 0. The van der Waals surface area contributed by atoms with E-state index in [2.05, 4.69) is 4.98 Å². The quantitative estimate of drug-likeness (QED) is 0.556. The summed E-state index contributed by atoms with van der Waals surface area (Å²) >= 11 is 5.88. The molecule has 2 amide bonds. The fraction of sp³-hybridized carbons (Fsp3) is 0.182. The van der Waals surface area contributed by atoms with Crippen LogP contribution in [0.3, 0.4) is 0 Å². The Morgan fingerprint density at radius 3 is 2.58 bits per heavy atom. The van der Waals surface area contributed by atoms with Crippen LogP contribution in [-0.4, -0.2) is 55.3 Å². The number of nitrogens with zero attached hydrogens (tertiary/aromatic N) is 3. The molecule has 3 rings (SSSR count). The number of rotatable bonds is 8. The third-order valence-corrected chi connectivity index (χ3v) is 6.84. The highest BCUT2D eigenvalue weighted by atomic mass is 35.5. The minimum absolute atomic E-state index is 0.0245. The number of fused-ring (bicyclic) bond motifs is 1. The lowest BCUT2D eigenvalue weighted by Crippen LogP contribution is -2.44. The first-order valence-electron chi connectivity index (χ1n) is 9.54. The van der Waals surface area contributed by atoms with Gasteiger partial charge in [0.15, 0.2) is 0 Å². The number of pyridine rings is 1. The third kappa shape index (κ3) is 5.61. The highest BCUT2D eigenvalue weighted by Crippen LogP contribution is 2.25. The molecular weight excluding hydrogens is 436 g/mol. The van der Waals surface area contributed by atoms with Gasteiger partial charge in [-0.15, -0.1) is 0 Å². The van der Waals surface area contributed by atoms with Gasteiger partial charge in [0.05, 0.1) is 11.4 Å². The molecule has 0 atom stereocenters. The van der Waals surface area contributed by atoms with Crippen molar-refractivity contribution < 1.29 is 13.2 Å². The number of hydrogen-bond donors (Lipinski definition) is 1. The Morgan fingerprint density at radius 2 is 1.87 bits per heavy atom. The van der Waals surface area contributed by atoms with Crippen molar-refractivity contribution in [2.24, 2.45) is 5.73 Å². The second-order valence-electron chi connectivity index (χ2n) is 6.98. The maximum absolute atomic E-state index is 13.2. The molecule has 31 heavy (non-hydrogen) atoms. The first kappa shape index (κ1) is 22.7. The van der Waals surface area contributed by atoms with Crippen molar-refractivity contribution in [3.05, 3.63) is 77.6 Å². The van der Waals surface area contributed by atoms with Crippen LogP contribution in [0.15, 0.2) is 71.9 Å². The van der Waals surface area contributed by atoms with Crippen LogP contribution >= 0.6 is 11.6 Å². The summed E-state index contributed by atoms with van der Waals surface area (Å²) in [6.07, 6.45) is 6.98. The Hall–Kier alpha value is -2.94. The topological polar surface area (TPSA) is 96.6 Å². The molecule has 0 aliphatic carbocycles. The zero-order valence-electron chi connectivity index (χ0n) is 17.0. The Balaban J connectivity index is 1.70. The smallest absolute Gasteiger partial charge is 0.328 e. The van der Waals surface area contributed by atoms with E-state index in [1.54, 1.807) is 24.4 Å². The highest BCUT2D eigenvalue weighted by molar-refractivity contribution is 7.89. The molecule has 0 spiro atoms. The maximum atomic E-state index is 13.2. The van der Waals surface area contributed by atoms with E-state index in [0.717, 1.165) is 5.56 Å². The molecular formula is C22H23ClN4O3S. The molecule has 0 fully saturated rings. The van der Waals surface area contributed by atoms with Crippen LogP contribution in [0.5, 0.6) is 0 Å². The zero-order chi connectivity index (χ0) is 22.4. The molecule has 0 saturated heterocycles. The number of carbonyl (C=O) groups excluding carboxylic acids is 1. The third-order valence-electron chi connectivity index (χ3n) is 4.74. The molecule has 7 nitrogen and oxygen atoms in total. The van der Waals surface area contributed by atoms with Crippen molar-refractivity contribution in [1.29, 1.82) is 0 Å². The molecule has 0 unspecified atom stereocenters. The Morgan fingerprint density at radius 1 is 1.13 bits per heavy atom. The number of hydrogen-bond acceptors (Lipinski definition) is 5. The minimum atomic E-state index is -4.12. The molecule has 9 heteroatoms. The number of likely N-dealkylation sites (N-methyl/N-ethyl adjacent to an activating group) is 1. The fourth-order valence-corrected chi connectivity index (χ4v) is 4.72. The number of urea groups is 1. The van der Waals surface area contributed by atoms with Gasteiger partial charge in [-0.1, -0.05) is 48.0 Å². The summed E-state index contributed by atoms with van der Waals surface area (Å²) in [7, 11) is -2.28. The molecule has 162 valence electrons. The second-order valence-corrected chi connectivity index (χ2v) is 9.25. The van der Waals surface area contributed by atoms with Gasteiger partial charge in [-0.05, 0) is 36.9 Å². The molecule has 0 aliphatic rings. The summed E-state index contributed by atoms with van der Waals surface area (Å²) in [5.41, 5.74) is 6.44. The molecule has 1 aromatic heterocycles. The standard InChI is InChI=1S/C22H23ClN4O3S/c1-26(13-3-4-17-7-9-19(23)10-8-17)14-15-27(22(24)28)31(29,30)21-6-2-5-18-16-25-12-11-20(18)21/h2-12,16H,13-15H2,1H3,(H2,24,28). The van der Waals surface area contributed by atoms with Gasteiger partial charge in [0.1, 0.15) is 0 Å². The van der Waals surface area contributed by atoms with Gasteiger partial charge < -0.3 is 10.6 Å². The lowest BCUT2D eigenvalue weighted by molar-refractivity contribution is 0.227. The molecule has 3 aromatic rings. The summed E-state index contributed by atoms with van der Waals surface area (Å²) < 4.78 is 27.1. The average molecular weight is 459 g/mol. The average Bonchev–Trinajstić information content (AvgIpc) is 2.74. The number of amides is 2. The fourth-order valence-electron chi connectivity index (χ4n) is 3.08. The van der Waals surface area contributed by atoms with Crippen LogP contribution in [0.4, 0.5) is 4.79 Å². The van der Waals surface area contributed by atoms with Crippen LogP contribution in [0.1, 0.15) is 5.56 Å². The molecule has 0 saturated carbocycles. The van der Waals surface area contributed by atoms with Gasteiger partial charge in [-0.2, -0.15) is 0 Å². The molecule has 1 heterocycles.